The summed E-state index contributed by atoms with van der Waals surface area (Å²) in [5, 5.41) is 12.4. The lowest BCUT2D eigenvalue weighted by atomic mass is 9.93. The molecule has 0 amide bonds. The van der Waals surface area contributed by atoms with Gasteiger partial charge in [-0.05, 0) is 19.1 Å². The molecule has 0 saturated heterocycles. The lowest BCUT2D eigenvalue weighted by Gasteiger charge is -2.19. The Kier molecular flexibility index (Phi) is 4.26. The standard InChI is InChI=1S/C17H22N7/c1-11-6-15(14(19)7-13(11)18)22-16-8-21-24(17(16)20)10-12-4-3-5-23(2)9-12/h3-6,8-9,13,19H,7,10,18,20H2,1-2H3/q+1. The normalized spacial score (nSPS) is 19.6. The largest absolute Gasteiger partial charge is 0.382 e. The highest BCUT2D eigenvalue weighted by molar-refractivity contribution is 6.46. The van der Waals surface area contributed by atoms with Crippen molar-refractivity contribution in [3.8, 4) is 0 Å². The number of hydrogen-bond donors (Lipinski definition) is 3. The Labute approximate surface area is 140 Å². The number of anilines is 1. The van der Waals surface area contributed by atoms with E-state index < -0.39 is 0 Å². The van der Waals surface area contributed by atoms with Crippen LogP contribution in [0.4, 0.5) is 11.5 Å². The Bertz CT molecular complexity index is 844. The molecule has 124 valence electrons. The molecule has 2 aromatic rings. The third-order valence-electron chi connectivity index (χ3n) is 4.12. The number of nitrogen functional groups attached to an aromatic ring is 1. The first-order valence-electron chi connectivity index (χ1n) is 7.79. The van der Waals surface area contributed by atoms with Gasteiger partial charge in [-0.3, -0.25) is 0 Å². The van der Waals surface area contributed by atoms with Crippen molar-refractivity contribution in [3.63, 3.8) is 0 Å². The Morgan fingerprint density at radius 3 is 3.04 bits per heavy atom. The molecular weight excluding hydrogens is 302 g/mol. The van der Waals surface area contributed by atoms with Crippen LogP contribution in [0.1, 0.15) is 18.9 Å². The van der Waals surface area contributed by atoms with Crippen LogP contribution in [0.5, 0.6) is 0 Å². The van der Waals surface area contributed by atoms with Crippen LogP contribution in [0.3, 0.4) is 0 Å². The molecule has 1 unspecified atom stereocenters. The minimum atomic E-state index is -0.102. The van der Waals surface area contributed by atoms with E-state index >= 15 is 0 Å². The topological polar surface area (TPSA) is 110 Å². The first kappa shape index (κ1) is 16.1. The quantitative estimate of drug-likeness (QED) is 0.735. The van der Waals surface area contributed by atoms with Crippen LogP contribution in [-0.2, 0) is 13.6 Å². The highest BCUT2D eigenvalue weighted by Crippen LogP contribution is 2.24. The van der Waals surface area contributed by atoms with Crippen LogP contribution < -0.4 is 16.0 Å². The molecule has 7 nitrogen and oxygen atoms in total. The molecule has 2 heterocycles. The minimum absolute atomic E-state index is 0.102. The highest BCUT2D eigenvalue weighted by Gasteiger charge is 2.19. The van der Waals surface area contributed by atoms with Crippen LogP contribution in [0, 0.1) is 5.41 Å². The smallest absolute Gasteiger partial charge is 0.173 e. The third-order valence-corrected chi connectivity index (χ3v) is 4.12. The van der Waals surface area contributed by atoms with Crippen LogP contribution in [-0.4, -0.2) is 27.2 Å². The Balaban J connectivity index is 1.88. The predicted octanol–water partition coefficient (Wildman–Crippen LogP) is 1.11. The molecule has 0 bridgehead atoms. The summed E-state index contributed by atoms with van der Waals surface area (Å²) in [6.07, 6.45) is 7.98. The Hall–Kier alpha value is -2.80. The van der Waals surface area contributed by atoms with E-state index in [0.29, 0.717) is 35.9 Å². The molecule has 0 aliphatic heterocycles. The van der Waals surface area contributed by atoms with Crippen molar-refractivity contribution in [2.75, 3.05) is 5.73 Å². The number of allylic oxidation sites excluding steroid dienone is 1. The summed E-state index contributed by atoms with van der Waals surface area (Å²) in [6, 6.07) is 3.91. The third kappa shape index (κ3) is 3.26. The number of hydrogen-bond acceptors (Lipinski definition) is 5. The second-order valence-corrected chi connectivity index (χ2v) is 6.12. The van der Waals surface area contributed by atoms with E-state index in [0.717, 1.165) is 11.1 Å². The number of rotatable bonds is 3. The summed E-state index contributed by atoms with van der Waals surface area (Å²) in [5.74, 6) is 0.489. The summed E-state index contributed by atoms with van der Waals surface area (Å²) in [7, 11) is 1.97. The van der Waals surface area contributed by atoms with Crippen molar-refractivity contribution in [2.45, 2.75) is 25.9 Å². The van der Waals surface area contributed by atoms with Gasteiger partial charge in [-0.15, -0.1) is 0 Å². The molecule has 3 rings (SSSR count). The second kappa shape index (κ2) is 6.37. The van der Waals surface area contributed by atoms with Gasteiger partial charge in [-0.1, -0.05) is 5.57 Å². The monoisotopic (exact) mass is 324 g/mol. The Morgan fingerprint density at radius 2 is 2.29 bits per heavy atom. The van der Waals surface area contributed by atoms with Crippen molar-refractivity contribution in [3.05, 3.63) is 47.9 Å². The van der Waals surface area contributed by atoms with Gasteiger partial charge in [-0.25, -0.2) is 14.2 Å². The predicted molar refractivity (Wildman–Crippen MR) is 94.5 cm³/mol. The van der Waals surface area contributed by atoms with E-state index in [1.165, 1.54) is 0 Å². The first-order valence-corrected chi connectivity index (χ1v) is 7.79. The van der Waals surface area contributed by atoms with Crippen molar-refractivity contribution in [1.82, 2.24) is 9.78 Å². The van der Waals surface area contributed by atoms with Gasteiger partial charge < -0.3 is 16.9 Å². The highest BCUT2D eigenvalue weighted by atomic mass is 15.3. The molecule has 0 spiro atoms. The van der Waals surface area contributed by atoms with Crippen LogP contribution in [0.2, 0.25) is 0 Å². The number of aromatic nitrogens is 3. The minimum Gasteiger partial charge on any atom is -0.382 e. The van der Waals surface area contributed by atoms with Gasteiger partial charge in [0.25, 0.3) is 0 Å². The fraction of sp³-hybridized carbons (Fsp3) is 0.294. The maximum atomic E-state index is 8.07. The van der Waals surface area contributed by atoms with Crippen molar-refractivity contribution >= 4 is 22.9 Å². The van der Waals surface area contributed by atoms with E-state index in [1.807, 2.05) is 49.1 Å². The molecule has 2 aromatic heterocycles. The van der Waals surface area contributed by atoms with E-state index in [2.05, 4.69) is 10.1 Å². The molecule has 0 fully saturated rings. The maximum absolute atomic E-state index is 8.07. The van der Waals surface area contributed by atoms with Gasteiger partial charge in [-0.2, -0.15) is 5.10 Å². The van der Waals surface area contributed by atoms with Crippen LogP contribution >= 0.6 is 0 Å². The summed E-state index contributed by atoms with van der Waals surface area (Å²) < 4.78 is 3.69. The molecule has 0 radical (unpaired) electrons. The van der Waals surface area contributed by atoms with E-state index in [4.69, 9.17) is 16.9 Å². The second-order valence-electron chi connectivity index (χ2n) is 6.12. The number of pyridine rings is 1. The lowest BCUT2D eigenvalue weighted by Crippen LogP contribution is -2.32. The van der Waals surface area contributed by atoms with Gasteiger partial charge in [0.15, 0.2) is 12.4 Å². The average molecular weight is 324 g/mol. The average Bonchev–Trinajstić information content (AvgIpc) is 2.86. The molecule has 5 N–H and O–H groups in total. The molecule has 1 aliphatic carbocycles. The molecule has 1 aliphatic rings. The van der Waals surface area contributed by atoms with Crippen molar-refractivity contribution in [2.24, 2.45) is 17.8 Å². The number of nitrogens with zero attached hydrogens (tertiary/aromatic N) is 4. The molecule has 7 heteroatoms. The van der Waals surface area contributed by atoms with Gasteiger partial charge in [0.2, 0.25) is 0 Å². The molecular formula is C17H22N7+. The lowest BCUT2D eigenvalue weighted by molar-refractivity contribution is -0.671. The zero-order valence-electron chi connectivity index (χ0n) is 13.9. The summed E-state index contributed by atoms with van der Waals surface area (Å²) >= 11 is 0. The van der Waals surface area contributed by atoms with Gasteiger partial charge in [0, 0.05) is 24.1 Å². The van der Waals surface area contributed by atoms with E-state index in [-0.39, 0.29) is 6.04 Å². The zero-order valence-corrected chi connectivity index (χ0v) is 13.9. The number of aliphatic imine (C=N–C) groups is 1. The summed E-state index contributed by atoms with van der Waals surface area (Å²) in [4.78, 5) is 4.51. The van der Waals surface area contributed by atoms with Crippen molar-refractivity contribution < 1.29 is 4.57 Å². The summed E-state index contributed by atoms with van der Waals surface area (Å²) in [6.45, 7) is 2.53. The van der Waals surface area contributed by atoms with Crippen LogP contribution in [0.15, 0.2) is 47.4 Å². The van der Waals surface area contributed by atoms with Crippen molar-refractivity contribution in [1.29, 1.82) is 5.41 Å². The molecule has 0 saturated carbocycles. The summed E-state index contributed by atoms with van der Waals surface area (Å²) in [5.41, 5.74) is 15.9. The SMILES string of the molecule is CC1=CC(=Nc2cnn(Cc3ccc[n+](C)c3)c2N)C(=N)CC1N. The van der Waals surface area contributed by atoms with E-state index in [9.17, 15) is 0 Å². The molecule has 0 aromatic carbocycles. The van der Waals surface area contributed by atoms with Gasteiger partial charge in [0.1, 0.15) is 18.6 Å². The fourth-order valence-corrected chi connectivity index (χ4v) is 2.64. The fourth-order valence-electron chi connectivity index (χ4n) is 2.64. The first-order chi connectivity index (χ1) is 11.4. The Morgan fingerprint density at radius 1 is 1.50 bits per heavy atom. The number of aryl methyl sites for hydroxylation is 1. The molecule has 24 heavy (non-hydrogen) atoms. The van der Waals surface area contributed by atoms with Gasteiger partial charge in [0.05, 0.1) is 24.2 Å². The molecule has 1 atom stereocenters. The zero-order chi connectivity index (χ0) is 17.3. The van der Waals surface area contributed by atoms with E-state index in [1.54, 1.807) is 10.9 Å². The maximum Gasteiger partial charge on any atom is 0.173 e. The van der Waals surface area contributed by atoms with Crippen LogP contribution in [0.25, 0.3) is 0 Å². The number of nitrogens with two attached hydrogens (primary N) is 2. The van der Waals surface area contributed by atoms with Gasteiger partial charge >= 0.3 is 0 Å². The number of nitrogens with one attached hydrogen (secondary N) is 1.